The number of carboxylic acids is 1. The third-order valence-electron chi connectivity index (χ3n) is 3.61. The second-order valence-corrected chi connectivity index (χ2v) is 9.05. The first-order chi connectivity index (χ1) is 12.4. The molecular formula is C16H11N3O4S3. The maximum Gasteiger partial charge on any atom is 0.355 e. The molecule has 3 aromatic heterocycles. The second kappa shape index (κ2) is 6.24. The lowest BCUT2D eigenvalue weighted by atomic mass is 10.2. The molecule has 0 aliphatic heterocycles. The van der Waals surface area contributed by atoms with E-state index in [2.05, 4.69) is 14.7 Å². The van der Waals surface area contributed by atoms with Crippen LogP contribution in [0.25, 0.3) is 21.6 Å². The quantitative estimate of drug-likeness (QED) is 0.467. The average molecular weight is 405 g/mol. The van der Waals surface area contributed by atoms with Crippen molar-refractivity contribution >= 4 is 55.3 Å². The highest BCUT2D eigenvalue weighted by Crippen LogP contribution is 2.31. The number of thiazole rings is 1. The van der Waals surface area contributed by atoms with Crippen molar-refractivity contribution in [2.45, 2.75) is 4.21 Å². The monoisotopic (exact) mass is 405 g/mol. The molecule has 0 fully saturated rings. The van der Waals surface area contributed by atoms with E-state index in [-0.39, 0.29) is 9.90 Å². The molecule has 132 valence electrons. The Bertz CT molecular complexity index is 1210. The van der Waals surface area contributed by atoms with Crippen LogP contribution in [0.5, 0.6) is 0 Å². The van der Waals surface area contributed by atoms with Crippen LogP contribution in [0, 0.1) is 0 Å². The molecule has 3 N–H and O–H groups in total. The molecule has 26 heavy (non-hydrogen) atoms. The number of aromatic nitrogens is 2. The molecule has 0 unspecified atom stereocenters. The highest BCUT2D eigenvalue weighted by atomic mass is 32.2. The number of hydrogen-bond donors (Lipinski definition) is 3. The van der Waals surface area contributed by atoms with Crippen LogP contribution < -0.4 is 4.72 Å². The van der Waals surface area contributed by atoms with E-state index in [9.17, 15) is 13.2 Å². The molecule has 0 saturated heterocycles. The van der Waals surface area contributed by atoms with Crippen LogP contribution in [0.3, 0.4) is 0 Å². The summed E-state index contributed by atoms with van der Waals surface area (Å²) in [5, 5.41) is 13.5. The van der Waals surface area contributed by atoms with Gasteiger partial charge in [-0.05, 0) is 23.6 Å². The normalized spacial score (nSPS) is 11.7. The topological polar surface area (TPSA) is 112 Å². The third kappa shape index (κ3) is 2.98. The number of nitrogens with one attached hydrogen (secondary N) is 2. The van der Waals surface area contributed by atoms with Crippen LogP contribution >= 0.6 is 22.7 Å². The van der Waals surface area contributed by atoms with Gasteiger partial charge in [0, 0.05) is 10.8 Å². The minimum absolute atomic E-state index is 0.0257. The summed E-state index contributed by atoms with van der Waals surface area (Å²) < 4.78 is 27.8. The highest BCUT2D eigenvalue weighted by molar-refractivity contribution is 7.94. The van der Waals surface area contributed by atoms with E-state index in [1.165, 1.54) is 22.8 Å². The number of nitrogens with zero attached hydrogens (tertiary/aromatic N) is 1. The van der Waals surface area contributed by atoms with Crippen molar-refractivity contribution in [3.63, 3.8) is 0 Å². The predicted octanol–water partition coefficient (Wildman–Crippen LogP) is 3.85. The number of hydrogen-bond acceptors (Lipinski definition) is 6. The van der Waals surface area contributed by atoms with Gasteiger partial charge in [0.15, 0.2) is 5.69 Å². The molecule has 0 aliphatic rings. The van der Waals surface area contributed by atoms with Crippen LogP contribution in [0.1, 0.15) is 10.5 Å². The number of thiophene rings is 1. The Balaban J connectivity index is 1.75. The van der Waals surface area contributed by atoms with E-state index in [4.69, 9.17) is 5.11 Å². The largest absolute Gasteiger partial charge is 0.476 e. The van der Waals surface area contributed by atoms with Gasteiger partial charge in [-0.25, -0.2) is 18.2 Å². The van der Waals surface area contributed by atoms with Crippen LogP contribution in [0.15, 0.2) is 51.4 Å². The molecule has 0 radical (unpaired) electrons. The summed E-state index contributed by atoms with van der Waals surface area (Å²) in [6.07, 6.45) is 0. The lowest BCUT2D eigenvalue weighted by Crippen LogP contribution is -2.11. The van der Waals surface area contributed by atoms with E-state index in [1.807, 2.05) is 12.1 Å². The SMILES string of the molecule is O=C(O)c1csc(-c2cc3cccc(NS(=O)(=O)c4cccs4)c3[nH]2)n1. The molecule has 0 amide bonds. The smallest absolute Gasteiger partial charge is 0.355 e. The van der Waals surface area contributed by atoms with Crippen LogP contribution in [-0.4, -0.2) is 29.5 Å². The van der Waals surface area contributed by atoms with Crippen molar-refractivity contribution in [3.05, 3.63) is 52.9 Å². The van der Waals surface area contributed by atoms with Gasteiger partial charge in [-0.15, -0.1) is 22.7 Å². The zero-order chi connectivity index (χ0) is 18.3. The Morgan fingerprint density at radius 1 is 1.19 bits per heavy atom. The molecule has 0 aliphatic carbocycles. The lowest BCUT2D eigenvalue weighted by molar-refractivity contribution is 0.0691. The highest BCUT2D eigenvalue weighted by Gasteiger charge is 2.18. The van der Waals surface area contributed by atoms with Crippen molar-refractivity contribution in [2.24, 2.45) is 0 Å². The number of benzene rings is 1. The standard InChI is InChI=1S/C16H11N3O4S3/c20-16(21)12-8-25-15(18-12)11-7-9-3-1-4-10(14(9)17-11)19-26(22,23)13-5-2-6-24-13/h1-8,17,19H,(H,20,21). The summed E-state index contributed by atoms with van der Waals surface area (Å²) in [5.41, 5.74) is 1.62. The molecule has 0 saturated carbocycles. The van der Waals surface area contributed by atoms with Gasteiger partial charge in [0.05, 0.1) is 16.9 Å². The van der Waals surface area contributed by atoms with E-state index in [1.54, 1.807) is 23.6 Å². The Kier molecular flexibility index (Phi) is 4.02. The first kappa shape index (κ1) is 16.8. The zero-order valence-electron chi connectivity index (χ0n) is 13.0. The van der Waals surface area contributed by atoms with Gasteiger partial charge in [0.25, 0.3) is 10.0 Å². The molecule has 7 nitrogen and oxygen atoms in total. The first-order valence-electron chi connectivity index (χ1n) is 7.31. The number of carboxylic acid groups (broad SMARTS) is 1. The number of anilines is 1. The van der Waals surface area contributed by atoms with Crippen molar-refractivity contribution < 1.29 is 18.3 Å². The number of H-pyrrole nitrogens is 1. The minimum Gasteiger partial charge on any atom is -0.476 e. The van der Waals surface area contributed by atoms with Crippen LogP contribution in [0.4, 0.5) is 5.69 Å². The molecule has 3 heterocycles. The van der Waals surface area contributed by atoms with Gasteiger partial charge in [-0.1, -0.05) is 18.2 Å². The van der Waals surface area contributed by atoms with Crippen LogP contribution in [0.2, 0.25) is 0 Å². The van der Waals surface area contributed by atoms with Gasteiger partial charge in [-0.2, -0.15) is 0 Å². The Morgan fingerprint density at radius 2 is 2.04 bits per heavy atom. The number of para-hydroxylation sites is 1. The van der Waals surface area contributed by atoms with E-state index < -0.39 is 16.0 Å². The van der Waals surface area contributed by atoms with Crippen LogP contribution in [-0.2, 0) is 10.0 Å². The fourth-order valence-corrected chi connectivity index (χ4v) is 5.29. The van der Waals surface area contributed by atoms with Crippen molar-refractivity contribution in [3.8, 4) is 10.7 Å². The van der Waals surface area contributed by atoms with Crippen molar-refractivity contribution in [1.29, 1.82) is 0 Å². The molecule has 4 aromatic rings. The van der Waals surface area contributed by atoms with Crippen molar-refractivity contribution in [2.75, 3.05) is 4.72 Å². The van der Waals surface area contributed by atoms with E-state index in [0.29, 0.717) is 21.9 Å². The molecule has 1 aromatic carbocycles. The summed E-state index contributed by atoms with van der Waals surface area (Å²) in [4.78, 5) is 18.2. The summed E-state index contributed by atoms with van der Waals surface area (Å²) in [5.74, 6) is -1.09. The number of rotatable bonds is 5. The summed E-state index contributed by atoms with van der Waals surface area (Å²) in [6, 6.07) is 10.3. The molecule has 0 bridgehead atoms. The van der Waals surface area contributed by atoms with E-state index >= 15 is 0 Å². The number of aromatic carboxylic acids is 1. The van der Waals surface area contributed by atoms with Gasteiger partial charge in [-0.3, -0.25) is 4.72 Å². The molecule has 0 atom stereocenters. The predicted molar refractivity (Wildman–Crippen MR) is 101 cm³/mol. The van der Waals surface area contributed by atoms with Gasteiger partial charge >= 0.3 is 5.97 Å². The second-order valence-electron chi connectivity index (χ2n) is 5.33. The number of carbonyl (C=O) groups is 1. The minimum atomic E-state index is -3.67. The molecule has 10 heteroatoms. The average Bonchev–Trinajstić information content (AvgIpc) is 3.33. The van der Waals surface area contributed by atoms with E-state index in [0.717, 1.165) is 16.7 Å². The summed E-state index contributed by atoms with van der Waals surface area (Å²) in [6.45, 7) is 0. The van der Waals surface area contributed by atoms with Gasteiger partial charge in [0.1, 0.15) is 9.22 Å². The number of aromatic amines is 1. The fraction of sp³-hybridized carbons (Fsp3) is 0. The summed E-state index contributed by atoms with van der Waals surface area (Å²) in [7, 11) is -3.67. The molecular weight excluding hydrogens is 394 g/mol. The Hall–Kier alpha value is -2.69. The lowest BCUT2D eigenvalue weighted by Gasteiger charge is -2.07. The Labute approximate surface area is 156 Å². The number of sulfonamides is 1. The summed E-state index contributed by atoms with van der Waals surface area (Å²) >= 11 is 2.34. The van der Waals surface area contributed by atoms with Crippen molar-refractivity contribution in [1.82, 2.24) is 9.97 Å². The Morgan fingerprint density at radius 3 is 2.73 bits per heavy atom. The molecule has 4 rings (SSSR count). The number of fused-ring (bicyclic) bond motifs is 1. The van der Waals surface area contributed by atoms with Gasteiger partial charge in [0.2, 0.25) is 0 Å². The first-order valence-corrected chi connectivity index (χ1v) is 10.6. The maximum atomic E-state index is 12.5. The fourth-order valence-electron chi connectivity index (χ4n) is 2.46. The molecule has 0 spiro atoms. The third-order valence-corrected chi connectivity index (χ3v) is 7.25. The zero-order valence-corrected chi connectivity index (χ0v) is 15.4. The maximum absolute atomic E-state index is 12.5. The van der Waals surface area contributed by atoms with Gasteiger partial charge < -0.3 is 10.1 Å².